The molecule has 170 valence electrons. The van der Waals surface area contributed by atoms with E-state index in [9.17, 15) is 14.0 Å². The fourth-order valence-corrected chi connectivity index (χ4v) is 4.50. The van der Waals surface area contributed by atoms with E-state index in [-0.39, 0.29) is 29.6 Å². The number of hydrogen-bond donors (Lipinski definition) is 0. The smallest absolute Gasteiger partial charge is 0.262 e. The molecule has 0 unspecified atom stereocenters. The minimum absolute atomic E-state index is 0.0693. The van der Waals surface area contributed by atoms with Crippen molar-refractivity contribution < 1.29 is 13.6 Å². The first kappa shape index (κ1) is 23.1. The van der Waals surface area contributed by atoms with E-state index in [2.05, 4.69) is 4.98 Å². The van der Waals surface area contributed by atoms with Gasteiger partial charge in [-0.2, -0.15) is 0 Å². The van der Waals surface area contributed by atoms with Crippen molar-refractivity contribution in [2.24, 2.45) is 0 Å². The summed E-state index contributed by atoms with van der Waals surface area (Å²) in [6, 6.07) is 14.6. The van der Waals surface area contributed by atoms with Crippen LogP contribution in [0.1, 0.15) is 18.2 Å². The second-order valence-corrected chi connectivity index (χ2v) is 8.73. The Balaban J connectivity index is 1.59. The Morgan fingerprint density at radius 1 is 1.21 bits per heavy atom. The molecule has 0 spiro atoms. The number of amides is 1. The molecule has 33 heavy (non-hydrogen) atoms. The summed E-state index contributed by atoms with van der Waals surface area (Å²) in [5.41, 5.74) is 0.934. The maximum atomic E-state index is 13.5. The Labute approximate surface area is 199 Å². The van der Waals surface area contributed by atoms with Gasteiger partial charge in [0.25, 0.3) is 5.56 Å². The number of carbonyl (C=O) groups is 1. The maximum absolute atomic E-state index is 13.5. The van der Waals surface area contributed by atoms with Crippen LogP contribution in [-0.2, 0) is 17.9 Å². The van der Waals surface area contributed by atoms with Crippen LogP contribution in [0.5, 0.6) is 0 Å². The maximum Gasteiger partial charge on any atom is 0.262 e. The van der Waals surface area contributed by atoms with Crippen LogP contribution in [0.25, 0.3) is 10.9 Å². The predicted molar refractivity (Wildman–Crippen MR) is 127 cm³/mol. The third-order valence-corrected chi connectivity index (χ3v) is 6.29. The average Bonchev–Trinajstić information content (AvgIpc) is 3.31. The van der Waals surface area contributed by atoms with Crippen LogP contribution in [-0.4, -0.2) is 32.7 Å². The first-order valence-corrected chi connectivity index (χ1v) is 11.7. The summed E-state index contributed by atoms with van der Waals surface area (Å²) in [5.74, 6) is 0.185. The monoisotopic (exact) mass is 485 g/mol. The van der Waals surface area contributed by atoms with Gasteiger partial charge in [-0.05, 0) is 55.0 Å². The molecule has 0 bridgehead atoms. The highest BCUT2D eigenvalue weighted by atomic mass is 35.5. The molecule has 2 aromatic carbocycles. The van der Waals surface area contributed by atoms with Crippen molar-refractivity contribution in [2.45, 2.75) is 25.2 Å². The molecule has 2 aromatic heterocycles. The zero-order chi connectivity index (χ0) is 23.4. The number of thioether (sulfide) groups is 1. The minimum Gasteiger partial charge on any atom is -0.467 e. The number of rotatable bonds is 8. The Morgan fingerprint density at radius 3 is 2.79 bits per heavy atom. The van der Waals surface area contributed by atoms with Gasteiger partial charge in [0.1, 0.15) is 11.6 Å². The normalized spacial score (nSPS) is 11.1. The third-order valence-electron chi connectivity index (χ3n) is 5.10. The van der Waals surface area contributed by atoms with Gasteiger partial charge in [-0.3, -0.25) is 14.2 Å². The number of aromatic nitrogens is 2. The predicted octanol–water partition coefficient (Wildman–Crippen LogP) is 4.97. The number of carbonyl (C=O) groups excluding carboxylic acids is 1. The van der Waals surface area contributed by atoms with E-state index in [0.29, 0.717) is 45.5 Å². The minimum atomic E-state index is -0.341. The van der Waals surface area contributed by atoms with Crippen molar-refractivity contribution in [1.82, 2.24) is 14.5 Å². The van der Waals surface area contributed by atoms with Crippen LogP contribution >= 0.6 is 23.4 Å². The molecule has 6 nitrogen and oxygen atoms in total. The van der Waals surface area contributed by atoms with Crippen molar-refractivity contribution in [3.05, 3.63) is 93.4 Å². The number of halogens is 2. The van der Waals surface area contributed by atoms with Gasteiger partial charge in [0.05, 0.1) is 29.5 Å². The van der Waals surface area contributed by atoms with E-state index in [1.807, 2.05) is 6.92 Å². The van der Waals surface area contributed by atoms with Crippen LogP contribution in [0.2, 0.25) is 5.02 Å². The molecule has 0 aliphatic rings. The van der Waals surface area contributed by atoms with E-state index in [1.54, 1.807) is 47.4 Å². The summed E-state index contributed by atoms with van der Waals surface area (Å²) >= 11 is 7.27. The summed E-state index contributed by atoms with van der Waals surface area (Å²) in [6.07, 6.45) is 1.54. The molecule has 1 amide bonds. The lowest BCUT2D eigenvalue weighted by Gasteiger charge is -2.21. The van der Waals surface area contributed by atoms with Crippen LogP contribution in [0.4, 0.5) is 4.39 Å². The van der Waals surface area contributed by atoms with E-state index >= 15 is 0 Å². The van der Waals surface area contributed by atoms with Crippen LogP contribution in [0.3, 0.4) is 0 Å². The lowest BCUT2D eigenvalue weighted by Crippen LogP contribution is -2.32. The van der Waals surface area contributed by atoms with Crippen LogP contribution in [0.15, 0.2) is 75.2 Å². The van der Waals surface area contributed by atoms with Crippen molar-refractivity contribution in [3.63, 3.8) is 0 Å². The summed E-state index contributed by atoms with van der Waals surface area (Å²) in [5, 5.41) is 1.29. The fourth-order valence-electron chi connectivity index (χ4n) is 3.43. The number of hydrogen-bond acceptors (Lipinski definition) is 5. The zero-order valence-electron chi connectivity index (χ0n) is 17.8. The number of benzene rings is 2. The van der Waals surface area contributed by atoms with Gasteiger partial charge in [0, 0.05) is 18.1 Å². The Morgan fingerprint density at radius 2 is 2.06 bits per heavy atom. The van der Waals surface area contributed by atoms with E-state index in [0.717, 1.165) is 0 Å². The first-order valence-electron chi connectivity index (χ1n) is 10.3. The van der Waals surface area contributed by atoms with Crippen LogP contribution < -0.4 is 5.56 Å². The zero-order valence-corrected chi connectivity index (χ0v) is 19.4. The SMILES string of the molecule is CCN(Cc1cccc(F)c1)C(=O)CSc1nc2cc(Cl)ccc2c(=O)n1Cc1ccco1. The fraction of sp³-hybridized carbons (Fsp3) is 0.208. The molecular weight excluding hydrogens is 465 g/mol. The molecule has 0 atom stereocenters. The molecule has 0 aliphatic carbocycles. The molecule has 4 rings (SSSR count). The van der Waals surface area contributed by atoms with Crippen molar-refractivity contribution in [2.75, 3.05) is 12.3 Å². The highest BCUT2D eigenvalue weighted by Gasteiger charge is 2.18. The lowest BCUT2D eigenvalue weighted by atomic mass is 10.2. The Hall–Kier alpha value is -3.10. The summed E-state index contributed by atoms with van der Waals surface area (Å²) in [6.45, 7) is 2.82. The molecule has 0 saturated carbocycles. The van der Waals surface area contributed by atoms with E-state index in [4.69, 9.17) is 16.0 Å². The molecular formula is C24H21ClFN3O3S. The first-order chi connectivity index (χ1) is 15.9. The van der Waals surface area contributed by atoms with Crippen molar-refractivity contribution >= 4 is 40.2 Å². The molecule has 2 heterocycles. The van der Waals surface area contributed by atoms with E-state index < -0.39 is 0 Å². The van der Waals surface area contributed by atoms with E-state index in [1.165, 1.54) is 34.7 Å². The molecule has 0 fully saturated rings. The molecule has 0 radical (unpaired) electrons. The molecule has 4 aromatic rings. The molecule has 9 heteroatoms. The Bertz CT molecular complexity index is 1340. The highest BCUT2D eigenvalue weighted by Crippen LogP contribution is 2.22. The quantitative estimate of drug-likeness (QED) is 0.260. The standard InChI is InChI=1S/C24H21ClFN3O3S/c1-2-28(13-16-5-3-6-18(26)11-16)22(30)15-33-24-27-21-12-17(25)8-9-20(21)23(31)29(24)14-19-7-4-10-32-19/h3-12H,2,13-15H2,1H3. The summed E-state index contributed by atoms with van der Waals surface area (Å²) in [4.78, 5) is 32.4. The van der Waals surface area contributed by atoms with Gasteiger partial charge in [0.15, 0.2) is 5.16 Å². The van der Waals surface area contributed by atoms with Gasteiger partial charge < -0.3 is 9.32 Å². The topological polar surface area (TPSA) is 68.3 Å². The Kier molecular flexibility index (Phi) is 7.15. The van der Waals surface area contributed by atoms with Gasteiger partial charge in [0.2, 0.25) is 5.91 Å². The van der Waals surface area contributed by atoms with Gasteiger partial charge in [-0.25, -0.2) is 9.37 Å². The summed E-state index contributed by atoms with van der Waals surface area (Å²) in [7, 11) is 0. The second kappa shape index (κ2) is 10.2. The summed E-state index contributed by atoms with van der Waals surface area (Å²) < 4.78 is 20.4. The number of nitrogens with zero attached hydrogens (tertiary/aromatic N) is 3. The van der Waals surface area contributed by atoms with Crippen LogP contribution in [0, 0.1) is 5.82 Å². The average molecular weight is 486 g/mol. The van der Waals surface area contributed by atoms with Gasteiger partial charge in [-0.15, -0.1) is 0 Å². The largest absolute Gasteiger partial charge is 0.467 e. The van der Waals surface area contributed by atoms with Gasteiger partial charge in [-0.1, -0.05) is 35.5 Å². The molecule has 0 N–H and O–H groups in total. The highest BCUT2D eigenvalue weighted by molar-refractivity contribution is 7.99. The lowest BCUT2D eigenvalue weighted by molar-refractivity contribution is -0.128. The number of furan rings is 1. The molecule has 0 saturated heterocycles. The molecule has 0 aliphatic heterocycles. The van der Waals surface area contributed by atoms with Crippen molar-refractivity contribution in [1.29, 1.82) is 0 Å². The third kappa shape index (κ3) is 5.46. The van der Waals surface area contributed by atoms with Gasteiger partial charge >= 0.3 is 0 Å². The second-order valence-electron chi connectivity index (χ2n) is 7.35. The van der Waals surface area contributed by atoms with Crippen molar-refractivity contribution in [3.8, 4) is 0 Å². The number of fused-ring (bicyclic) bond motifs is 1.